The van der Waals surface area contributed by atoms with E-state index in [-0.39, 0.29) is 36.7 Å². The van der Waals surface area contributed by atoms with Crippen molar-refractivity contribution in [3.8, 4) is 0 Å². The lowest BCUT2D eigenvalue weighted by Gasteiger charge is -2.42. The molecule has 2 unspecified atom stereocenters. The van der Waals surface area contributed by atoms with Gasteiger partial charge < -0.3 is 5.73 Å². The highest BCUT2D eigenvalue weighted by molar-refractivity contribution is 7.89. The van der Waals surface area contributed by atoms with E-state index in [9.17, 15) is 35.2 Å². The van der Waals surface area contributed by atoms with Gasteiger partial charge in [0.1, 0.15) is 11.6 Å². The van der Waals surface area contributed by atoms with Crippen molar-refractivity contribution in [2.75, 3.05) is 19.3 Å². The third kappa shape index (κ3) is 4.37. The minimum atomic E-state index is -4.88. The van der Waals surface area contributed by atoms with Crippen LogP contribution < -0.4 is 5.73 Å². The summed E-state index contributed by atoms with van der Waals surface area (Å²) in [5.74, 6) is -4.52. The Morgan fingerprint density at radius 1 is 1.21 bits per heavy atom. The van der Waals surface area contributed by atoms with E-state index in [4.69, 9.17) is 5.73 Å². The number of amides is 1. The topological polar surface area (TPSA) is 111 Å². The highest BCUT2D eigenvalue weighted by atomic mass is 32.2. The molecule has 1 aliphatic carbocycles. The molecule has 1 amide bonds. The van der Waals surface area contributed by atoms with Gasteiger partial charge in [-0.3, -0.25) is 14.7 Å². The van der Waals surface area contributed by atoms with E-state index >= 15 is 0 Å². The number of likely N-dealkylation sites (tertiary alicyclic amines) is 1. The van der Waals surface area contributed by atoms with Crippen molar-refractivity contribution >= 4 is 22.1 Å². The van der Waals surface area contributed by atoms with Crippen molar-refractivity contribution in [1.29, 1.82) is 0 Å². The minimum absolute atomic E-state index is 0.0296. The molecule has 14 heteroatoms. The standard InChI is InChI=1S/C20H24F5N5O3S/c1-34(32,33)30-15(12-3-4-12)14(11-28-30)19(16(26)31)9-13(20(23,24)25)10-27-17(19)29-7-2-5-18(21,22)6-8-29/h9-12,17H,2-8H2,1H3,(H2,26,31). The molecule has 3 heterocycles. The average Bonchev–Trinajstić information content (AvgIpc) is 3.48. The SMILES string of the molecule is CS(=O)(=O)n1ncc(C2(C(N)=O)C=C(C(F)(F)F)C=NC2N2CCCC(F)(F)CC2)c1C1CC1. The number of carbonyl (C=O) groups excluding carboxylic acids is 1. The van der Waals surface area contributed by atoms with Crippen LogP contribution in [0, 0.1) is 0 Å². The molecule has 4 rings (SSSR count). The van der Waals surface area contributed by atoms with Crippen molar-refractivity contribution in [3.05, 3.63) is 29.1 Å². The molecule has 0 bridgehead atoms. The molecule has 34 heavy (non-hydrogen) atoms. The molecule has 0 radical (unpaired) electrons. The summed E-state index contributed by atoms with van der Waals surface area (Å²) in [6.45, 7) is -0.195. The Kier molecular flexibility index (Phi) is 5.91. The second-order valence-corrected chi connectivity index (χ2v) is 10.9. The molecule has 2 N–H and O–H groups in total. The van der Waals surface area contributed by atoms with E-state index in [0.717, 1.165) is 12.5 Å². The maximum atomic E-state index is 14.0. The summed E-state index contributed by atoms with van der Waals surface area (Å²) in [5.41, 5.74) is 2.21. The molecular weight excluding hydrogens is 485 g/mol. The van der Waals surface area contributed by atoms with E-state index < -0.39 is 58.0 Å². The van der Waals surface area contributed by atoms with Crippen LogP contribution in [0.25, 0.3) is 0 Å². The summed E-state index contributed by atoms with van der Waals surface area (Å²) in [7, 11) is -3.95. The predicted molar refractivity (Wildman–Crippen MR) is 112 cm³/mol. The first-order valence-corrected chi connectivity index (χ1v) is 12.6. The number of halogens is 5. The number of aliphatic imine (C=N–C) groups is 1. The first-order valence-electron chi connectivity index (χ1n) is 10.7. The Morgan fingerprint density at radius 3 is 2.44 bits per heavy atom. The number of primary amides is 1. The largest absolute Gasteiger partial charge is 0.417 e. The maximum Gasteiger partial charge on any atom is 0.417 e. The number of alkyl halides is 5. The van der Waals surface area contributed by atoms with Gasteiger partial charge in [-0.15, -0.1) is 0 Å². The number of carbonyl (C=O) groups is 1. The maximum absolute atomic E-state index is 14.0. The summed E-state index contributed by atoms with van der Waals surface area (Å²) in [6.07, 6.45) is -2.99. The smallest absolute Gasteiger partial charge is 0.369 e. The number of hydrogen-bond acceptors (Lipinski definition) is 6. The number of dihydropyridines is 1. The molecule has 1 aromatic rings. The fourth-order valence-electron chi connectivity index (χ4n) is 4.70. The summed E-state index contributed by atoms with van der Waals surface area (Å²) in [6, 6.07) is 0. The van der Waals surface area contributed by atoms with Crippen LogP contribution in [0.2, 0.25) is 0 Å². The molecule has 1 aromatic heterocycles. The van der Waals surface area contributed by atoms with Gasteiger partial charge in [0, 0.05) is 43.6 Å². The lowest BCUT2D eigenvalue weighted by atomic mass is 9.73. The Labute approximate surface area is 192 Å². The van der Waals surface area contributed by atoms with Crippen molar-refractivity contribution in [2.24, 2.45) is 10.7 Å². The Morgan fingerprint density at radius 2 is 1.88 bits per heavy atom. The number of nitrogens with zero attached hydrogens (tertiary/aromatic N) is 4. The Balaban J connectivity index is 1.94. The van der Waals surface area contributed by atoms with E-state index in [0.29, 0.717) is 29.2 Å². The number of hydrogen-bond donors (Lipinski definition) is 1. The Bertz CT molecular complexity index is 1160. The molecule has 2 atom stereocenters. The van der Waals surface area contributed by atoms with Gasteiger partial charge in [0.25, 0.3) is 10.0 Å². The van der Waals surface area contributed by atoms with E-state index in [1.807, 2.05) is 0 Å². The van der Waals surface area contributed by atoms with Crippen LogP contribution in [0.4, 0.5) is 22.0 Å². The van der Waals surface area contributed by atoms with E-state index in [1.54, 1.807) is 0 Å². The van der Waals surface area contributed by atoms with Crippen molar-refractivity contribution in [2.45, 2.75) is 61.7 Å². The van der Waals surface area contributed by atoms with Crippen LogP contribution in [0.3, 0.4) is 0 Å². The van der Waals surface area contributed by atoms with Crippen LogP contribution in [-0.4, -0.2) is 72.2 Å². The summed E-state index contributed by atoms with van der Waals surface area (Å²) >= 11 is 0. The van der Waals surface area contributed by atoms with Crippen molar-refractivity contribution in [1.82, 2.24) is 14.1 Å². The highest BCUT2D eigenvalue weighted by Crippen LogP contribution is 2.49. The van der Waals surface area contributed by atoms with Gasteiger partial charge in [0.15, 0.2) is 0 Å². The van der Waals surface area contributed by atoms with Crippen LogP contribution >= 0.6 is 0 Å². The zero-order valence-electron chi connectivity index (χ0n) is 18.2. The van der Waals surface area contributed by atoms with E-state index in [1.165, 1.54) is 4.90 Å². The summed E-state index contributed by atoms with van der Waals surface area (Å²) in [5, 5.41) is 3.88. The predicted octanol–water partition coefficient (Wildman–Crippen LogP) is 2.31. The molecule has 188 valence electrons. The van der Waals surface area contributed by atoms with Gasteiger partial charge in [0.05, 0.1) is 23.7 Å². The number of nitrogens with two attached hydrogens (primary N) is 1. The first-order chi connectivity index (χ1) is 15.7. The molecule has 8 nitrogen and oxygen atoms in total. The fourth-order valence-corrected chi connectivity index (χ4v) is 5.52. The van der Waals surface area contributed by atoms with Crippen LogP contribution in [0.5, 0.6) is 0 Å². The van der Waals surface area contributed by atoms with Gasteiger partial charge in [0.2, 0.25) is 11.8 Å². The second kappa shape index (κ2) is 8.11. The van der Waals surface area contributed by atoms with E-state index in [2.05, 4.69) is 10.1 Å². The summed E-state index contributed by atoms with van der Waals surface area (Å²) < 4.78 is 94.6. The third-order valence-corrected chi connectivity index (χ3v) is 7.40. The minimum Gasteiger partial charge on any atom is -0.369 e. The van der Waals surface area contributed by atoms with Gasteiger partial charge in [-0.05, 0) is 25.3 Å². The van der Waals surface area contributed by atoms with Crippen LogP contribution in [-0.2, 0) is 20.2 Å². The molecular formula is C20H24F5N5O3S. The van der Waals surface area contributed by atoms with Gasteiger partial charge in [-0.2, -0.15) is 22.4 Å². The van der Waals surface area contributed by atoms with Crippen molar-refractivity contribution < 1.29 is 35.2 Å². The molecule has 2 aliphatic heterocycles. The molecule has 0 aromatic carbocycles. The van der Waals surface area contributed by atoms with Crippen LogP contribution in [0.15, 0.2) is 22.8 Å². The first kappa shape index (κ1) is 24.8. The fraction of sp³-hybridized carbons (Fsp3) is 0.650. The van der Waals surface area contributed by atoms with Gasteiger partial charge >= 0.3 is 6.18 Å². The van der Waals surface area contributed by atoms with Gasteiger partial charge in [-0.25, -0.2) is 17.2 Å². The van der Waals surface area contributed by atoms with Gasteiger partial charge in [-0.1, -0.05) is 0 Å². The number of aromatic nitrogens is 2. The number of rotatable bonds is 5. The highest BCUT2D eigenvalue weighted by Gasteiger charge is 2.55. The number of allylic oxidation sites excluding steroid dienone is 1. The van der Waals surface area contributed by atoms with Crippen LogP contribution in [0.1, 0.15) is 49.3 Å². The zero-order chi connectivity index (χ0) is 25.1. The molecule has 2 fully saturated rings. The monoisotopic (exact) mass is 509 g/mol. The average molecular weight is 510 g/mol. The lowest BCUT2D eigenvalue weighted by molar-refractivity contribution is -0.124. The Hall–Kier alpha value is -2.35. The molecule has 1 saturated heterocycles. The summed E-state index contributed by atoms with van der Waals surface area (Å²) in [4.78, 5) is 18.5. The third-order valence-electron chi connectivity index (χ3n) is 6.48. The van der Waals surface area contributed by atoms with Crippen molar-refractivity contribution in [3.63, 3.8) is 0 Å². The molecule has 0 spiro atoms. The lowest BCUT2D eigenvalue weighted by Crippen LogP contribution is -2.58. The normalized spacial score (nSPS) is 28.4. The molecule has 3 aliphatic rings. The molecule has 1 saturated carbocycles. The second-order valence-electron chi connectivity index (χ2n) is 9.05. The quantitative estimate of drug-likeness (QED) is 0.613. The zero-order valence-corrected chi connectivity index (χ0v) is 19.0.